The van der Waals surface area contributed by atoms with Gasteiger partial charge in [-0.1, -0.05) is 0 Å². The molecule has 3 heterocycles. The van der Waals surface area contributed by atoms with Crippen LogP contribution in [0.4, 0.5) is 10.2 Å². The Bertz CT molecular complexity index is 939. The van der Waals surface area contributed by atoms with Crippen molar-refractivity contribution in [3.05, 3.63) is 33.9 Å². The predicted molar refractivity (Wildman–Crippen MR) is 94.7 cm³/mol. The number of nitrogens with zero attached hydrogens (tertiary/aromatic N) is 3. The summed E-state index contributed by atoms with van der Waals surface area (Å²) < 4.78 is 16.3. The van der Waals surface area contributed by atoms with Crippen LogP contribution in [-0.2, 0) is 5.54 Å². The minimum Gasteiger partial charge on any atom is -0.545 e. The molecule has 2 N–H and O–H groups in total. The molecule has 1 atom stereocenters. The standard InChI is InChI=1S/C18H23FN4O3.Li/c1-18(2,3)23-9-12(17(25)26)14(24)11-7-13(19)16(21-15(11)23)22-6-4-5-10(22)8-20;/h7,9-10H,4-6,8,20H2,1-3H3,(H,25,26);/q;+1/p-1/t10-;/m0./s1. The van der Waals surface area contributed by atoms with E-state index in [1.165, 1.54) is 6.20 Å². The number of aromatic carboxylic acids is 1. The van der Waals surface area contributed by atoms with E-state index in [4.69, 9.17) is 5.73 Å². The number of pyridine rings is 2. The van der Waals surface area contributed by atoms with Crippen LogP contribution in [0.25, 0.3) is 11.0 Å². The molecular formula is C18H22FLiN4O3. The molecule has 1 fully saturated rings. The van der Waals surface area contributed by atoms with Gasteiger partial charge in [-0.25, -0.2) is 9.37 Å². The van der Waals surface area contributed by atoms with Gasteiger partial charge >= 0.3 is 18.9 Å². The van der Waals surface area contributed by atoms with Crippen molar-refractivity contribution < 1.29 is 33.2 Å². The van der Waals surface area contributed by atoms with E-state index in [0.717, 1.165) is 18.9 Å². The van der Waals surface area contributed by atoms with E-state index in [2.05, 4.69) is 4.98 Å². The molecule has 2 aromatic heterocycles. The summed E-state index contributed by atoms with van der Waals surface area (Å²) in [6.45, 7) is 6.56. The van der Waals surface area contributed by atoms with Gasteiger partial charge in [-0.05, 0) is 39.7 Å². The molecule has 140 valence electrons. The smallest absolute Gasteiger partial charge is 0.545 e. The number of hydrogen-bond donors (Lipinski definition) is 1. The minimum absolute atomic E-state index is 0. The molecule has 0 radical (unpaired) electrons. The second-order valence-electron chi connectivity index (χ2n) is 7.59. The average molecular weight is 368 g/mol. The molecule has 0 saturated carbocycles. The zero-order valence-corrected chi connectivity index (χ0v) is 16.1. The third-order valence-electron chi connectivity index (χ3n) is 4.78. The molecule has 0 aliphatic carbocycles. The van der Waals surface area contributed by atoms with Crippen LogP contribution in [-0.4, -0.2) is 34.7 Å². The van der Waals surface area contributed by atoms with Crippen molar-refractivity contribution in [1.82, 2.24) is 9.55 Å². The molecular weight excluding hydrogens is 346 g/mol. The maximum Gasteiger partial charge on any atom is 1.00 e. The monoisotopic (exact) mass is 368 g/mol. The molecule has 0 unspecified atom stereocenters. The molecule has 7 nitrogen and oxygen atoms in total. The quantitative estimate of drug-likeness (QED) is 0.605. The Balaban J connectivity index is 0.00000261. The number of nitrogens with two attached hydrogens (primary N) is 1. The Labute approximate surface area is 168 Å². The number of fused-ring (bicyclic) bond motifs is 1. The second-order valence-corrected chi connectivity index (χ2v) is 7.59. The molecule has 3 rings (SSSR count). The maximum absolute atomic E-state index is 14.8. The van der Waals surface area contributed by atoms with Gasteiger partial charge in [0.2, 0.25) is 0 Å². The van der Waals surface area contributed by atoms with E-state index in [0.29, 0.717) is 13.1 Å². The van der Waals surface area contributed by atoms with E-state index in [1.807, 2.05) is 25.7 Å². The van der Waals surface area contributed by atoms with E-state index in [-0.39, 0.29) is 41.8 Å². The summed E-state index contributed by atoms with van der Waals surface area (Å²) in [7, 11) is 0. The largest absolute Gasteiger partial charge is 1.00 e. The van der Waals surface area contributed by atoms with Crippen molar-refractivity contribution in [3.8, 4) is 0 Å². The van der Waals surface area contributed by atoms with Gasteiger partial charge in [0.1, 0.15) is 5.65 Å². The van der Waals surface area contributed by atoms with E-state index >= 15 is 0 Å². The Kier molecular flexibility index (Phi) is 6.05. The Hall–Kier alpha value is -1.88. The molecule has 1 aliphatic rings. The van der Waals surface area contributed by atoms with Gasteiger partial charge in [0.05, 0.1) is 16.9 Å². The van der Waals surface area contributed by atoms with E-state index in [1.54, 1.807) is 4.57 Å². The zero-order valence-electron chi connectivity index (χ0n) is 16.1. The first-order valence-electron chi connectivity index (χ1n) is 8.59. The van der Waals surface area contributed by atoms with Gasteiger partial charge in [0.25, 0.3) is 0 Å². The molecule has 0 aromatic carbocycles. The fraction of sp³-hybridized carbons (Fsp3) is 0.500. The van der Waals surface area contributed by atoms with Crippen LogP contribution in [0.2, 0.25) is 0 Å². The van der Waals surface area contributed by atoms with Crippen molar-refractivity contribution in [3.63, 3.8) is 0 Å². The summed E-state index contributed by atoms with van der Waals surface area (Å²) in [5, 5.41) is 11.2. The fourth-order valence-electron chi connectivity index (χ4n) is 3.43. The number of halogens is 1. The van der Waals surface area contributed by atoms with E-state index in [9.17, 15) is 19.1 Å². The second kappa shape index (κ2) is 7.62. The minimum atomic E-state index is -1.60. The van der Waals surface area contributed by atoms with Crippen LogP contribution in [0.5, 0.6) is 0 Å². The molecule has 9 heteroatoms. The summed E-state index contributed by atoms with van der Waals surface area (Å²) in [5.74, 6) is -2.11. The van der Waals surface area contributed by atoms with Crippen molar-refractivity contribution in [2.24, 2.45) is 5.73 Å². The molecule has 0 spiro atoms. The van der Waals surface area contributed by atoms with E-state index < -0.39 is 28.3 Å². The van der Waals surface area contributed by atoms with Gasteiger partial charge in [0.15, 0.2) is 17.1 Å². The Morgan fingerprint density at radius 3 is 2.67 bits per heavy atom. The number of hydrogen-bond acceptors (Lipinski definition) is 6. The third-order valence-corrected chi connectivity index (χ3v) is 4.78. The van der Waals surface area contributed by atoms with Crippen LogP contribution < -0.4 is 40.0 Å². The predicted octanol–water partition coefficient (Wildman–Crippen LogP) is -2.41. The first-order valence-corrected chi connectivity index (χ1v) is 8.59. The Morgan fingerprint density at radius 1 is 1.44 bits per heavy atom. The summed E-state index contributed by atoms with van der Waals surface area (Å²) in [5.41, 5.74) is 4.14. The van der Waals surface area contributed by atoms with Crippen LogP contribution in [0.15, 0.2) is 17.1 Å². The molecule has 2 aromatic rings. The molecule has 1 saturated heterocycles. The third kappa shape index (κ3) is 3.75. The molecule has 0 bridgehead atoms. The van der Waals surface area contributed by atoms with Gasteiger partial charge in [-0.15, -0.1) is 0 Å². The average Bonchev–Trinajstić information content (AvgIpc) is 3.02. The van der Waals surface area contributed by atoms with Crippen LogP contribution in [0.1, 0.15) is 44.0 Å². The SMILES string of the molecule is CC(C)(C)n1cc(C(=O)[O-])c(=O)c2cc(F)c(N3CCC[C@H]3CN)nc21.[Li+]. The maximum atomic E-state index is 14.8. The first kappa shape index (κ1) is 21.4. The topological polar surface area (TPSA) is 104 Å². The van der Waals surface area contributed by atoms with Gasteiger partial charge < -0.3 is 25.1 Å². The van der Waals surface area contributed by atoms with Gasteiger partial charge in [0, 0.05) is 30.9 Å². The number of rotatable bonds is 3. The van der Waals surface area contributed by atoms with Gasteiger partial charge in [-0.3, -0.25) is 4.79 Å². The number of aromatic nitrogens is 2. The first-order chi connectivity index (χ1) is 12.1. The van der Waals surface area contributed by atoms with Crippen LogP contribution in [0, 0.1) is 5.82 Å². The summed E-state index contributed by atoms with van der Waals surface area (Å²) in [4.78, 5) is 30.1. The van der Waals surface area contributed by atoms with Crippen LogP contribution in [0.3, 0.4) is 0 Å². The normalized spacial score (nSPS) is 17.2. The number of carboxylic acid groups (broad SMARTS) is 1. The number of carbonyl (C=O) groups excluding carboxylic acids is 1. The summed E-state index contributed by atoms with van der Waals surface area (Å²) >= 11 is 0. The van der Waals surface area contributed by atoms with Crippen molar-refractivity contribution >= 4 is 22.8 Å². The number of carboxylic acids is 1. The number of anilines is 1. The van der Waals surface area contributed by atoms with Crippen LogP contribution >= 0.6 is 0 Å². The molecule has 1 aliphatic heterocycles. The fourth-order valence-corrected chi connectivity index (χ4v) is 3.43. The summed E-state index contributed by atoms with van der Waals surface area (Å²) in [6.07, 6.45) is 2.96. The summed E-state index contributed by atoms with van der Waals surface area (Å²) in [6, 6.07) is 1.06. The molecule has 0 amide bonds. The number of carbonyl (C=O) groups is 1. The zero-order chi connectivity index (χ0) is 19.2. The Morgan fingerprint density at radius 2 is 2.11 bits per heavy atom. The van der Waals surface area contributed by atoms with Crippen molar-refractivity contribution in [1.29, 1.82) is 0 Å². The van der Waals surface area contributed by atoms with Crippen molar-refractivity contribution in [2.45, 2.75) is 45.2 Å². The van der Waals surface area contributed by atoms with Crippen molar-refractivity contribution in [2.75, 3.05) is 18.0 Å². The molecule has 27 heavy (non-hydrogen) atoms. The van der Waals surface area contributed by atoms with Gasteiger partial charge in [-0.2, -0.15) is 0 Å².